The summed E-state index contributed by atoms with van der Waals surface area (Å²) >= 11 is 12.9. The molecule has 2 aliphatic rings. The van der Waals surface area contributed by atoms with Gasteiger partial charge in [0.2, 0.25) is 0 Å². The summed E-state index contributed by atoms with van der Waals surface area (Å²) in [5.41, 5.74) is 1.15. The summed E-state index contributed by atoms with van der Waals surface area (Å²) in [5.74, 6) is 0.718. The van der Waals surface area contributed by atoms with Crippen molar-refractivity contribution in [3.8, 4) is 0 Å². The summed E-state index contributed by atoms with van der Waals surface area (Å²) in [4.78, 5) is 2.56. The minimum atomic E-state index is 0. The molecule has 0 spiro atoms. The molecule has 0 unspecified atom stereocenters. The average Bonchev–Trinajstić information content (AvgIpc) is 2.36. The number of hydrogen-bond acceptors (Lipinski definition) is 2. The Bertz CT molecular complexity index is 425. The molecule has 1 heterocycles. The quantitative estimate of drug-likeness (QED) is 0.836. The van der Waals surface area contributed by atoms with Crippen LogP contribution in [0.2, 0.25) is 10.0 Å². The van der Waals surface area contributed by atoms with Gasteiger partial charge in [-0.15, -0.1) is 24.8 Å². The molecule has 3 rings (SSSR count). The molecule has 1 aliphatic heterocycles. The van der Waals surface area contributed by atoms with Crippen LogP contribution in [0, 0.1) is 5.92 Å². The molecule has 2 nitrogen and oxygen atoms in total. The molecular formula is C15H22Cl4N2. The van der Waals surface area contributed by atoms with Crippen molar-refractivity contribution in [2.24, 2.45) is 5.92 Å². The molecule has 1 atom stereocenters. The Labute approximate surface area is 149 Å². The van der Waals surface area contributed by atoms with Gasteiger partial charge in [0.1, 0.15) is 0 Å². The number of nitrogens with zero attached hydrogens (tertiary/aromatic N) is 1. The van der Waals surface area contributed by atoms with Crippen LogP contribution in [0.3, 0.4) is 0 Å². The minimum absolute atomic E-state index is 0. The van der Waals surface area contributed by atoms with E-state index in [1.807, 2.05) is 18.2 Å². The zero-order valence-electron chi connectivity index (χ0n) is 11.9. The van der Waals surface area contributed by atoms with Gasteiger partial charge in [0.05, 0.1) is 0 Å². The molecule has 1 saturated heterocycles. The summed E-state index contributed by atoms with van der Waals surface area (Å²) in [6.07, 6.45) is 3.95. The van der Waals surface area contributed by atoms with Crippen LogP contribution in [-0.2, 0) is 0 Å². The van der Waals surface area contributed by atoms with Gasteiger partial charge in [0.25, 0.3) is 0 Å². The van der Waals surface area contributed by atoms with Crippen LogP contribution in [0.15, 0.2) is 18.2 Å². The molecule has 1 saturated carbocycles. The summed E-state index contributed by atoms with van der Waals surface area (Å²) < 4.78 is 0. The van der Waals surface area contributed by atoms with E-state index in [9.17, 15) is 0 Å². The van der Waals surface area contributed by atoms with Gasteiger partial charge in [-0.3, -0.25) is 4.90 Å². The molecular weight excluding hydrogens is 350 g/mol. The lowest BCUT2D eigenvalue weighted by molar-refractivity contribution is 0.0838. The molecule has 21 heavy (non-hydrogen) atoms. The molecule has 0 aromatic heterocycles. The first-order valence-corrected chi connectivity index (χ1v) is 7.91. The van der Waals surface area contributed by atoms with E-state index in [2.05, 4.69) is 10.2 Å². The highest BCUT2D eigenvalue weighted by atomic mass is 35.5. The maximum atomic E-state index is 6.44. The van der Waals surface area contributed by atoms with Gasteiger partial charge < -0.3 is 5.32 Å². The lowest BCUT2D eigenvalue weighted by Gasteiger charge is -2.43. The van der Waals surface area contributed by atoms with Crippen LogP contribution in [-0.4, -0.2) is 31.1 Å². The van der Waals surface area contributed by atoms with E-state index in [-0.39, 0.29) is 24.8 Å². The molecule has 6 heteroatoms. The lowest BCUT2D eigenvalue weighted by atomic mass is 9.76. The van der Waals surface area contributed by atoms with Crippen molar-refractivity contribution in [3.63, 3.8) is 0 Å². The van der Waals surface area contributed by atoms with Crippen molar-refractivity contribution < 1.29 is 0 Å². The number of rotatable bonds is 3. The topological polar surface area (TPSA) is 15.3 Å². The van der Waals surface area contributed by atoms with E-state index in [1.54, 1.807) is 0 Å². The second kappa shape index (κ2) is 8.81. The van der Waals surface area contributed by atoms with Gasteiger partial charge >= 0.3 is 0 Å². The van der Waals surface area contributed by atoms with Gasteiger partial charge in [-0.05, 0) is 30.9 Å². The smallest absolute Gasteiger partial charge is 0.0468 e. The molecule has 120 valence electrons. The highest BCUT2D eigenvalue weighted by Crippen LogP contribution is 2.45. The third-order valence-corrected chi connectivity index (χ3v) is 5.10. The monoisotopic (exact) mass is 370 g/mol. The second-order valence-electron chi connectivity index (χ2n) is 5.56. The van der Waals surface area contributed by atoms with E-state index in [1.165, 1.54) is 19.3 Å². The van der Waals surface area contributed by atoms with E-state index in [0.717, 1.165) is 47.7 Å². The lowest BCUT2D eigenvalue weighted by Crippen LogP contribution is -2.48. The fourth-order valence-corrected chi connectivity index (χ4v) is 3.85. The number of nitrogens with one attached hydrogen (secondary N) is 1. The predicted octanol–water partition coefficient (Wildman–Crippen LogP) is 4.58. The fourth-order valence-electron chi connectivity index (χ4n) is 3.23. The first kappa shape index (κ1) is 19.3. The molecule has 0 bridgehead atoms. The van der Waals surface area contributed by atoms with E-state index < -0.39 is 0 Å². The largest absolute Gasteiger partial charge is 0.314 e. The summed E-state index contributed by atoms with van der Waals surface area (Å²) in [6, 6.07) is 6.27. The van der Waals surface area contributed by atoms with Crippen LogP contribution < -0.4 is 5.32 Å². The average molecular weight is 372 g/mol. The Hall–Kier alpha value is 0.300. The van der Waals surface area contributed by atoms with Crippen molar-refractivity contribution in [1.29, 1.82) is 0 Å². The van der Waals surface area contributed by atoms with Crippen LogP contribution in [0.25, 0.3) is 0 Å². The zero-order chi connectivity index (χ0) is 13.2. The number of benzene rings is 1. The van der Waals surface area contributed by atoms with E-state index >= 15 is 0 Å². The number of hydrogen-bond donors (Lipinski definition) is 1. The van der Waals surface area contributed by atoms with E-state index in [0.29, 0.717) is 6.04 Å². The van der Waals surface area contributed by atoms with Gasteiger partial charge in [-0.1, -0.05) is 35.7 Å². The summed E-state index contributed by atoms with van der Waals surface area (Å²) in [5, 5.41) is 5.06. The van der Waals surface area contributed by atoms with Crippen LogP contribution in [0.5, 0.6) is 0 Å². The third kappa shape index (κ3) is 4.19. The van der Waals surface area contributed by atoms with Crippen molar-refractivity contribution >= 4 is 48.0 Å². The normalized spacial score (nSPS) is 20.9. The predicted molar refractivity (Wildman–Crippen MR) is 95.5 cm³/mol. The molecule has 2 fully saturated rings. The molecule has 1 aromatic carbocycles. The Balaban J connectivity index is 0.00000110. The van der Waals surface area contributed by atoms with Gasteiger partial charge in [0, 0.05) is 47.8 Å². The van der Waals surface area contributed by atoms with Crippen LogP contribution >= 0.6 is 48.0 Å². The standard InChI is InChI=1S/C15H20Cl2N2.2ClH/c16-12-5-2-6-13(17)14(12)15(11-3-1-4-11)19-9-7-18-8-10-19;;/h2,5-6,11,15,18H,1,3-4,7-10H2;2*1H/t15-;;/m0../s1. The van der Waals surface area contributed by atoms with Gasteiger partial charge in [-0.25, -0.2) is 0 Å². The van der Waals surface area contributed by atoms with Crippen LogP contribution in [0.4, 0.5) is 0 Å². The maximum absolute atomic E-state index is 6.44. The Morgan fingerprint density at radius 3 is 2.10 bits per heavy atom. The Morgan fingerprint density at radius 1 is 1.05 bits per heavy atom. The highest BCUT2D eigenvalue weighted by Gasteiger charge is 2.35. The van der Waals surface area contributed by atoms with E-state index in [4.69, 9.17) is 23.2 Å². The summed E-state index contributed by atoms with van der Waals surface area (Å²) in [7, 11) is 0. The zero-order valence-corrected chi connectivity index (χ0v) is 15.0. The van der Waals surface area contributed by atoms with Crippen molar-refractivity contribution in [3.05, 3.63) is 33.8 Å². The van der Waals surface area contributed by atoms with Crippen molar-refractivity contribution in [1.82, 2.24) is 10.2 Å². The second-order valence-corrected chi connectivity index (χ2v) is 6.37. The third-order valence-electron chi connectivity index (χ3n) is 4.44. The maximum Gasteiger partial charge on any atom is 0.0468 e. The Kier molecular flexibility index (Phi) is 8.11. The first-order valence-electron chi connectivity index (χ1n) is 7.16. The van der Waals surface area contributed by atoms with Crippen molar-refractivity contribution in [2.75, 3.05) is 26.2 Å². The Morgan fingerprint density at radius 2 is 1.62 bits per heavy atom. The molecule has 1 aliphatic carbocycles. The highest BCUT2D eigenvalue weighted by molar-refractivity contribution is 6.36. The van der Waals surface area contributed by atoms with Gasteiger partial charge in [-0.2, -0.15) is 0 Å². The van der Waals surface area contributed by atoms with Crippen molar-refractivity contribution in [2.45, 2.75) is 25.3 Å². The summed E-state index contributed by atoms with van der Waals surface area (Å²) in [6.45, 7) is 4.29. The van der Waals surface area contributed by atoms with Crippen LogP contribution in [0.1, 0.15) is 30.9 Å². The molecule has 1 N–H and O–H groups in total. The molecule has 1 aromatic rings. The first-order chi connectivity index (χ1) is 9.27. The SMILES string of the molecule is Cl.Cl.Clc1cccc(Cl)c1[C@H](C1CCC1)N1CCNCC1. The number of halogens is 4. The molecule has 0 amide bonds. The fraction of sp³-hybridized carbons (Fsp3) is 0.600. The minimum Gasteiger partial charge on any atom is -0.314 e. The number of piperazine rings is 1. The van der Waals surface area contributed by atoms with Gasteiger partial charge in [0.15, 0.2) is 0 Å². The molecule has 0 radical (unpaired) electrons.